The van der Waals surface area contributed by atoms with Gasteiger partial charge in [-0.2, -0.15) is 0 Å². The molecule has 1 aromatic heterocycles. The lowest BCUT2D eigenvalue weighted by Gasteiger charge is -2.34. The molecule has 4 heterocycles. The minimum Gasteiger partial charge on any atom is -0.465 e. The Morgan fingerprint density at radius 1 is 0.744 bits per heavy atom. The van der Waals surface area contributed by atoms with Gasteiger partial charge in [-0.1, -0.05) is 57.2 Å². The molecule has 0 bridgehead atoms. The van der Waals surface area contributed by atoms with Crippen molar-refractivity contribution in [1.82, 2.24) is 19.8 Å². The van der Waals surface area contributed by atoms with E-state index in [0.29, 0.717) is 111 Å². The molecule has 0 spiro atoms. The molecule has 4 aliphatic rings. The van der Waals surface area contributed by atoms with Crippen molar-refractivity contribution < 1.29 is 67.0 Å². The Morgan fingerprint density at radius 2 is 1.42 bits per heavy atom. The summed E-state index contributed by atoms with van der Waals surface area (Å²) in [5.74, 6) is 0.611. The highest BCUT2D eigenvalue weighted by atomic mass is 16.6. The largest absolute Gasteiger partial charge is 0.465 e. The summed E-state index contributed by atoms with van der Waals surface area (Å²) in [6.07, 6.45) is 29.3. The van der Waals surface area contributed by atoms with E-state index in [1.165, 1.54) is 0 Å². The summed E-state index contributed by atoms with van der Waals surface area (Å²) in [6, 6.07) is 0. The molecule has 1 amide bonds. The first-order chi connectivity index (χ1) is 41.8. The normalized spacial score (nSPS) is 22.4. The Hall–Kier alpha value is -4.57. The quantitative estimate of drug-likeness (QED) is 0.0212. The van der Waals surface area contributed by atoms with Crippen LogP contribution in [-0.2, 0) is 68.5 Å². The Balaban J connectivity index is 0.887. The minimum atomic E-state index is -0.851. The molecule has 0 radical (unpaired) electrons. The molecule has 0 aromatic carbocycles. The average molecular weight is 1210 g/mol. The number of methoxy groups -OCH3 is 1. The fraction of sp³-hybridized carbons (Fsp3) is 0.746. The lowest BCUT2D eigenvalue weighted by atomic mass is 9.83. The van der Waals surface area contributed by atoms with Crippen LogP contribution in [0.1, 0.15) is 156 Å². The van der Waals surface area contributed by atoms with Gasteiger partial charge in [-0.25, -0.2) is 9.97 Å². The maximum atomic E-state index is 13.3. The predicted molar refractivity (Wildman–Crippen MR) is 331 cm³/mol. The molecular weight excluding hydrogens is 1100 g/mol. The summed E-state index contributed by atoms with van der Waals surface area (Å²) < 4.78 is 46.0. The number of ether oxygens (including phenoxy) is 8. The Morgan fingerprint density at radius 3 is 2.08 bits per heavy atom. The van der Waals surface area contributed by atoms with Crippen molar-refractivity contribution in [2.75, 3.05) is 111 Å². The van der Waals surface area contributed by atoms with E-state index in [9.17, 15) is 29.1 Å². The minimum absolute atomic E-state index is 0.0381. The molecule has 8 unspecified atom stereocenters. The molecule has 19 heteroatoms. The first-order valence-corrected chi connectivity index (χ1v) is 32.4. The second kappa shape index (κ2) is 42.4. The van der Waals surface area contributed by atoms with Gasteiger partial charge in [0.25, 0.3) is 12.4 Å². The number of rotatable bonds is 43. The van der Waals surface area contributed by atoms with Crippen molar-refractivity contribution in [3.8, 4) is 0 Å². The van der Waals surface area contributed by atoms with Gasteiger partial charge in [-0.3, -0.25) is 24.1 Å². The maximum Gasteiger partial charge on any atom is 0.293 e. The molecule has 19 nitrogen and oxygen atoms in total. The van der Waals surface area contributed by atoms with Crippen LogP contribution >= 0.6 is 0 Å². The number of amides is 1. The highest BCUT2D eigenvalue weighted by Crippen LogP contribution is 2.32. The van der Waals surface area contributed by atoms with Gasteiger partial charge in [0, 0.05) is 96.1 Å². The zero-order valence-electron chi connectivity index (χ0n) is 53.1. The number of ketones is 2. The van der Waals surface area contributed by atoms with Crippen molar-refractivity contribution in [2.24, 2.45) is 23.7 Å². The maximum absolute atomic E-state index is 13.3. The lowest BCUT2D eigenvalue weighted by molar-refractivity contribution is -0.157. The molecule has 1 saturated carbocycles. The van der Waals surface area contributed by atoms with E-state index in [0.717, 1.165) is 145 Å². The lowest BCUT2D eigenvalue weighted by Crippen LogP contribution is -2.47. The van der Waals surface area contributed by atoms with Crippen LogP contribution in [0.3, 0.4) is 0 Å². The highest BCUT2D eigenvalue weighted by Gasteiger charge is 2.36. The zero-order valence-corrected chi connectivity index (χ0v) is 53.1. The molecule has 8 atom stereocenters. The van der Waals surface area contributed by atoms with E-state index in [-0.39, 0.29) is 54.4 Å². The van der Waals surface area contributed by atoms with E-state index >= 15 is 0 Å². The third-order valence-corrected chi connectivity index (χ3v) is 17.3. The van der Waals surface area contributed by atoms with Gasteiger partial charge < -0.3 is 57.6 Å². The molecule has 86 heavy (non-hydrogen) atoms. The molecule has 1 N–H and O–H groups in total. The summed E-state index contributed by atoms with van der Waals surface area (Å²) in [5.41, 5.74) is 2.79. The van der Waals surface area contributed by atoms with Gasteiger partial charge in [-0.05, 0) is 139 Å². The second-order valence-electron chi connectivity index (χ2n) is 24.3. The first kappa shape index (κ1) is 72.2. The first-order valence-electron chi connectivity index (χ1n) is 32.4. The number of piperazine rings is 1. The monoisotopic (exact) mass is 1210 g/mol. The topological polar surface area (TPSA) is 215 Å². The number of aliphatic hydroxyl groups excluding tert-OH is 1. The Kier molecular flexibility index (Phi) is 35.6. The van der Waals surface area contributed by atoms with Crippen LogP contribution in [0, 0.1) is 23.7 Å². The van der Waals surface area contributed by atoms with Gasteiger partial charge in [0.05, 0.1) is 83.9 Å². The van der Waals surface area contributed by atoms with E-state index < -0.39 is 23.9 Å². The van der Waals surface area contributed by atoms with Crippen molar-refractivity contribution >= 4 is 36.2 Å². The standard InChI is InChI=1S/C67H107N5O14/c1-51(15-9-7-10-16-53(3)64(79-6)45-60-17-13-18-63(86-60)65(77)66(78)71-27-11-8-12-28-71)43-54(4)61(75)46-62(76)55(5)44-52(2)19-23-59(85-50-74)26-22-56-20-24-58(25-21-56)84-49-57-47-68-67(69-48-57)72-31-29-70(30-32-72)33-36-81-38-40-83-42-41-82-39-37-80-35-14-34-73/h7,9-10,15-16,34,44,47-48,50-52,54,56,58-60,62-64,76H,8,11-14,17-33,35-43,45-46,49H2,1-6H3/b10-7+,15-9+,53-16+,55-44+. The number of aldehydes is 1. The van der Waals surface area contributed by atoms with E-state index in [4.69, 9.17) is 37.9 Å². The summed E-state index contributed by atoms with van der Waals surface area (Å²) in [4.78, 5) is 76.6. The number of carbonyl (C=O) groups is 5. The van der Waals surface area contributed by atoms with Crippen LogP contribution in [-0.4, -0.2) is 198 Å². The van der Waals surface area contributed by atoms with Gasteiger partial charge >= 0.3 is 0 Å². The number of piperidine rings is 1. The third kappa shape index (κ3) is 28.3. The van der Waals surface area contributed by atoms with Crippen molar-refractivity contribution in [2.45, 2.75) is 193 Å². The predicted octanol–water partition coefficient (Wildman–Crippen LogP) is 8.98. The molecular formula is C67H107N5O14. The average Bonchev–Trinajstić information content (AvgIpc) is 3.66. The smallest absolute Gasteiger partial charge is 0.293 e. The number of likely N-dealkylation sites (tertiary alicyclic amines) is 1. The number of carbonyl (C=O) groups excluding carboxylic acids is 5. The van der Waals surface area contributed by atoms with E-state index in [1.54, 1.807) is 12.0 Å². The number of nitrogens with zero attached hydrogens (tertiary/aromatic N) is 5. The molecule has 1 aliphatic carbocycles. The summed E-state index contributed by atoms with van der Waals surface area (Å²) in [6.45, 7) is 20.9. The number of aliphatic hydroxyl groups is 1. The number of allylic oxidation sites excluding steroid dienone is 6. The summed E-state index contributed by atoms with van der Waals surface area (Å²) in [5, 5.41) is 11.1. The molecule has 4 fully saturated rings. The fourth-order valence-corrected chi connectivity index (χ4v) is 11.8. The number of anilines is 1. The van der Waals surface area contributed by atoms with Gasteiger partial charge in [-0.15, -0.1) is 0 Å². The van der Waals surface area contributed by atoms with Crippen LogP contribution in [0.15, 0.2) is 60.0 Å². The van der Waals surface area contributed by atoms with Gasteiger partial charge in [0.15, 0.2) is 0 Å². The van der Waals surface area contributed by atoms with Crippen LogP contribution in [0.2, 0.25) is 0 Å². The van der Waals surface area contributed by atoms with Crippen LogP contribution in [0.25, 0.3) is 0 Å². The fourth-order valence-electron chi connectivity index (χ4n) is 11.8. The number of aromatic nitrogens is 2. The van der Waals surface area contributed by atoms with Crippen LogP contribution in [0.5, 0.6) is 0 Å². The SMILES string of the molecule is COC(CC1CCCC(C(=O)C(=O)N2CCCCC2)O1)/C(C)=C/C=C/C=C/C(C)CC(C)C(=O)CC(O)/C(C)=C/C(C)CCC(CCC1CCC(OCc2cnc(N3CCN(CCOCCOCCOCCOCCC=O)CC3)nc2)CC1)OC=O. The molecule has 5 rings (SSSR count). The highest BCUT2D eigenvalue weighted by molar-refractivity contribution is 6.37. The zero-order chi connectivity index (χ0) is 61.7. The van der Waals surface area contributed by atoms with Gasteiger partial charge in [0.2, 0.25) is 11.7 Å². The molecule has 1 aromatic rings. The Bertz CT molecular complexity index is 2210. The molecule has 3 saturated heterocycles. The van der Waals surface area contributed by atoms with Gasteiger partial charge in [0.1, 0.15) is 24.3 Å². The van der Waals surface area contributed by atoms with Crippen molar-refractivity contribution in [3.63, 3.8) is 0 Å². The molecule has 3 aliphatic heterocycles. The van der Waals surface area contributed by atoms with Crippen molar-refractivity contribution in [1.29, 1.82) is 0 Å². The van der Waals surface area contributed by atoms with Crippen LogP contribution < -0.4 is 4.90 Å². The van der Waals surface area contributed by atoms with Crippen LogP contribution in [0.4, 0.5) is 5.95 Å². The number of Topliss-reactive ketones (excluding diaryl/α,β-unsaturated/α-hetero) is 2. The second-order valence-corrected chi connectivity index (χ2v) is 24.3. The number of hydrogen-bond acceptors (Lipinski definition) is 18. The van der Waals surface area contributed by atoms with E-state index in [2.05, 4.69) is 45.8 Å². The third-order valence-electron chi connectivity index (χ3n) is 17.3. The van der Waals surface area contributed by atoms with Crippen molar-refractivity contribution in [3.05, 3.63) is 65.6 Å². The van der Waals surface area contributed by atoms with E-state index in [1.807, 2.05) is 57.5 Å². The Labute approximate surface area is 514 Å². The summed E-state index contributed by atoms with van der Waals surface area (Å²) in [7, 11) is 1.68. The summed E-state index contributed by atoms with van der Waals surface area (Å²) >= 11 is 0. The molecule has 484 valence electrons. The number of hydrogen-bond donors (Lipinski definition) is 1.